The van der Waals surface area contributed by atoms with Gasteiger partial charge in [-0.3, -0.25) is 14.9 Å². The van der Waals surface area contributed by atoms with Crippen LogP contribution in [-0.2, 0) is 0 Å². The van der Waals surface area contributed by atoms with Crippen LogP contribution in [0.4, 0.5) is 10.1 Å². The second-order valence-electron chi connectivity index (χ2n) is 4.39. The van der Waals surface area contributed by atoms with Crippen LogP contribution < -0.4 is 4.74 Å². The summed E-state index contributed by atoms with van der Waals surface area (Å²) in [6.45, 7) is 1.53. The molecule has 0 spiro atoms. The summed E-state index contributed by atoms with van der Waals surface area (Å²) in [5.74, 6) is -0.535. The predicted octanol–water partition coefficient (Wildman–Crippen LogP) is 3.38. The van der Waals surface area contributed by atoms with Gasteiger partial charge in [0.2, 0.25) is 5.78 Å². The number of hydrogen-bond acceptors (Lipinski definition) is 4. The van der Waals surface area contributed by atoms with Crippen LogP contribution in [-0.4, -0.2) is 16.8 Å². The molecule has 2 rings (SSSR count). The van der Waals surface area contributed by atoms with E-state index in [1.807, 2.05) is 0 Å². The normalized spacial score (nSPS) is 11.7. The fourth-order valence-electron chi connectivity index (χ4n) is 1.78. The number of ether oxygens (including phenoxy) is 1. The predicted molar refractivity (Wildman–Crippen MR) is 73.9 cm³/mol. The summed E-state index contributed by atoms with van der Waals surface area (Å²) in [4.78, 5) is 22.2. The number of non-ortho nitro benzene ring substituents is 1. The van der Waals surface area contributed by atoms with Crippen molar-refractivity contribution in [2.45, 2.75) is 13.0 Å². The average molecular weight is 289 g/mol. The number of carbonyl (C=O) groups excluding carboxylic acids is 1. The molecule has 0 aromatic heterocycles. The van der Waals surface area contributed by atoms with E-state index in [2.05, 4.69) is 0 Å². The minimum Gasteiger partial charge on any atom is -0.482 e. The maximum Gasteiger partial charge on any atom is 0.273 e. The summed E-state index contributed by atoms with van der Waals surface area (Å²) in [6, 6.07) is 10.7. The molecule has 5 nitrogen and oxygen atoms in total. The van der Waals surface area contributed by atoms with Gasteiger partial charge in [-0.25, -0.2) is 4.39 Å². The first-order valence-electron chi connectivity index (χ1n) is 6.18. The van der Waals surface area contributed by atoms with Gasteiger partial charge in [0.1, 0.15) is 11.6 Å². The first-order chi connectivity index (χ1) is 9.97. The van der Waals surface area contributed by atoms with E-state index in [4.69, 9.17) is 4.74 Å². The maximum absolute atomic E-state index is 12.8. The van der Waals surface area contributed by atoms with Gasteiger partial charge in [0, 0.05) is 11.6 Å². The zero-order valence-corrected chi connectivity index (χ0v) is 11.2. The van der Waals surface area contributed by atoms with E-state index in [1.165, 1.54) is 55.5 Å². The van der Waals surface area contributed by atoms with Crippen molar-refractivity contribution in [2.24, 2.45) is 0 Å². The Kier molecular flexibility index (Phi) is 4.27. The largest absolute Gasteiger partial charge is 0.482 e. The van der Waals surface area contributed by atoms with Crippen LogP contribution in [0.3, 0.4) is 0 Å². The molecule has 0 saturated carbocycles. The first kappa shape index (κ1) is 14.6. The summed E-state index contributed by atoms with van der Waals surface area (Å²) in [5.41, 5.74) is 0.197. The number of nitrogens with zero attached hydrogens (tertiary/aromatic N) is 1. The smallest absolute Gasteiger partial charge is 0.273 e. The summed E-state index contributed by atoms with van der Waals surface area (Å²) in [5, 5.41) is 10.7. The lowest BCUT2D eigenvalue weighted by molar-refractivity contribution is -0.384. The molecule has 108 valence electrons. The molecule has 2 aromatic rings. The Morgan fingerprint density at radius 3 is 2.52 bits per heavy atom. The zero-order valence-electron chi connectivity index (χ0n) is 11.2. The highest BCUT2D eigenvalue weighted by Gasteiger charge is 2.18. The van der Waals surface area contributed by atoms with E-state index in [1.54, 1.807) is 0 Å². The molecular weight excluding hydrogens is 277 g/mol. The molecule has 0 amide bonds. The third-order valence-corrected chi connectivity index (χ3v) is 2.84. The molecule has 1 atom stereocenters. The highest BCUT2D eigenvalue weighted by Crippen LogP contribution is 2.21. The molecule has 0 aliphatic heterocycles. The maximum atomic E-state index is 12.8. The first-order valence-corrected chi connectivity index (χ1v) is 6.18. The van der Waals surface area contributed by atoms with E-state index < -0.39 is 16.8 Å². The molecular formula is C15H12FNO4. The molecule has 0 saturated heterocycles. The lowest BCUT2D eigenvalue weighted by atomic mass is 10.1. The summed E-state index contributed by atoms with van der Waals surface area (Å²) >= 11 is 0. The molecule has 0 fully saturated rings. The van der Waals surface area contributed by atoms with Gasteiger partial charge in [0.15, 0.2) is 6.10 Å². The van der Waals surface area contributed by atoms with E-state index in [0.717, 1.165) is 0 Å². The molecule has 0 heterocycles. The van der Waals surface area contributed by atoms with Crippen molar-refractivity contribution >= 4 is 11.5 Å². The molecule has 0 radical (unpaired) electrons. The van der Waals surface area contributed by atoms with E-state index in [9.17, 15) is 19.3 Å². The molecule has 0 aliphatic rings. The topological polar surface area (TPSA) is 69.4 Å². The molecule has 2 aromatic carbocycles. The highest BCUT2D eigenvalue weighted by molar-refractivity contribution is 5.99. The summed E-state index contributed by atoms with van der Waals surface area (Å²) in [6.07, 6.45) is -0.836. The number of ketones is 1. The van der Waals surface area contributed by atoms with Crippen LogP contribution in [0.2, 0.25) is 0 Å². The fraction of sp³-hybridized carbons (Fsp3) is 0.133. The Bertz CT molecular complexity index is 670. The fourth-order valence-corrected chi connectivity index (χ4v) is 1.78. The Hall–Kier alpha value is -2.76. The SMILES string of the molecule is CC(Oc1cccc([N+](=O)[O-])c1)C(=O)c1ccc(F)cc1. The second-order valence-corrected chi connectivity index (χ2v) is 4.39. The van der Waals surface area contributed by atoms with Crippen LogP contribution >= 0.6 is 0 Å². The van der Waals surface area contributed by atoms with Gasteiger partial charge < -0.3 is 4.74 Å². The van der Waals surface area contributed by atoms with Crippen molar-refractivity contribution in [2.75, 3.05) is 0 Å². The van der Waals surface area contributed by atoms with Gasteiger partial charge in [0.05, 0.1) is 11.0 Å². The highest BCUT2D eigenvalue weighted by atomic mass is 19.1. The van der Waals surface area contributed by atoms with Crippen molar-refractivity contribution in [3.8, 4) is 5.75 Å². The quantitative estimate of drug-likeness (QED) is 0.480. The Labute approximate surface area is 120 Å². The van der Waals surface area contributed by atoms with E-state index in [-0.39, 0.29) is 17.2 Å². The number of nitro groups is 1. The minimum atomic E-state index is -0.836. The number of nitro benzene ring substituents is 1. The van der Waals surface area contributed by atoms with Gasteiger partial charge in [-0.2, -0.15) is 0 Å². The van der Waals surface area contributed by atoms with Crippen LogP contribution in [0.1, 0.15) is 17.3 Å². The minimum absolute atomic E-state index is 0.117. The molecule has 0 aliphatic carbocycles. The zero-order chi connectivity index (χ0) is 15.4. The number of hydrogen-bond donors (Lipinski definition) is 0. The van der Waals surface area contributed by atoms with Crippen molar-refractivity contribution in [1.82, 2.24) is 0 Å². The van der Waals surface area contributed by atoms with Gasteiger partial charge in [-0.1, -0.05) is 6.07 Å². The average Bonchev–Trinajstić information content (AvgIpc) is 2.47. The van der Waals surface area contributed by atoms with Crippen molar-refractivity contribution < 1.29 is 18.8 Å². The molecule has 6 heteroatoms. The lowest BCUT2D eigenvalue weighted by Crippen LogP contribution is -2.23. The molecule has 21 heavy (non-hydrogen) atoms. The van der Waals surface area contributed by atoms with Crippen molar-refractivity contribution in [1.29, 1.82) is 0 Å². The standard InChI is InChI=1S/C15H12FNO4/c1-10(15(18)11-5-7-12(16)8-6-11)21-14-4-2-3-13(9-14)17(19)20/h2-10H,1H3. The number of Topliss-reactive ketones (excluding diaryl/α,β-unsaturated/α-hetero) is 1. The number of halogens is 1. The van der Waals surface area contributed by atoms with Gasteiger partial charge in [-0.15, -0.1) is 0 Å². The van der Waals surface area contributed by atoms with Crippen LogP contribution in [0.15, 0.2) is 48.5 Å². The van der Waals surface area contributed by atoms with Crippen LogP contribution in [0.25, 0.3) is 0 Å². The number of rotatable bonds is 5. The van der Waals surface area contributed by atoms with Crippen LogP contribution in [0, 0.1) is 15.9 Å². The monoisotopic (exact) mass is 289 g/mol. The van der Waals surface area contributed by atoms with Gasteiger partial charge in [-0.05, 0) is 37.3 Å². The lowest BCUT2D eigenvalue weighted by Gasteiger charge is -2.13. The number of benzene rings is 2. The summed E-state index contributed by atoms with van der Waals surface area (Å²) in [7, 11) is 0. The van der Waals surface area contributed by atoms with E-state index in [0.29, 0.717) is 5.56 Å². The third-order valence-electron chi connectivity index (χ3n) is 2.84. The Morgan fingerprint density at radius 2 is 1.90 bits per heavy atom. The Balaban J connectivity index is 2.12. The van der Waals surface area contributed by atoms with Crippen molar-refractivity contribution in [3.05, 3.63) is 70.0 Å². The molecule has 0 N–H and O–H groups in total. The van der Waals surface area contributed by atoms with Gasteiger partial charge in [0.25, 0.3) is 5.69 Å². The van der Waals surface area contributed by atoms with E-state index >= 15 is 0 Å². The van der Waals surface area contributed by atoms with Crippen LogP contribution in [0.5, 0.6) is 5.75 Å². The molecule has 0 bridgehead atoms. The molecule has 1 unspecified atom stereocenters. The summed E-state index contributed by atoms with van der Waals surface area (Å²) < 4.78 is 18.2. The number of carbonyl (C=O) groups is 1. The second kappa shape index (κ2) is 6.13. The van der Waals surface area contributed by atoms with Gasteiger partial charge >= 0.3 is 0 Å². The van der Waals surface area contributed by atoms with Crippen molar-refractivity contribution in [3.63, 3.8) is 0 Å². The Morgan fingerprint density at radius 1 is 1.24 bits per heavy atom. The third kappa shape index (κ3) is 3.62.